The maximum Gasteiger partial charge on any atom is 0.451 e. The van der Waals surface area contributed by atoms with E-state index in [-0.39, 0.29) is 40.1 Å². The highest BCUT2D eigenvalue weighted by molar-refractivity contribution is 6.33. The second kappa shape index (κ2) is 7.47. The van der Waals surface area contributed by atoms with Gasteiger partial charge in [0.15, 0.2) is 5.82 Å². The molecule has 30 heavy (non-hydrogen) atoms. The van der Waals surface area contributed by atoms with Crippen LogP contribution in [-0.4, -0.2) is 46.3 Å². The summed E-state index contributed by atoms with van der Waals surface area (Å²) >= 11 is 11.9. The highest BCUT2D eigenvalue weighted by Gasteiger charge is 2.36. The first kappa shape index (κ1) is 20.5. The minimum Gasteiger partial charge on any atom is -0.326 e. The summed E-state index contributed by atoms with van der Waals surface area (Å²) in [7, 11) is 0. The summed E-state index contributed by atoms with van der Waals surface area (Å²) in [5.74, 6) is -1.60. The summed E-state index contributed by atoms with van der Waals surface area (Å²) in [6.07, 6.45) is -0.701. The van der Waals surface area contributed by atoms with E-state index in [4.69, 9.17) is 23.2 Å². The van der Waals surface area contributed by atoms with Gasteiger partial charge in [0.1, 0.15) is 11.4 Å². The number of alkyl halides is 3. The summed E-state index contributed by atoms with van der Waals surface area (Å²) in [4.78, 5) is 33.3. The number of rotatable bonds is 3. The van der Waals surface area contributed by atoms with Crippen molar-refractivity contribution in [3.63, 3.8) is 0 Å². The quantitative estimate of drug-likeness (QED) is 0.559. The lowest BCUT2D eigenvalue weighted by Gasteiger charge is -2.33. The molecule has 4 heterocycles. The van der Waals surface area contributed by atoms with Gasteiger partial charge < -0.3 is 9.47 Å². The fourth-order valence-corrected chi connectivity index (χ4v) is 3.42. The molecule has 4 rings (SSSR count). The molecule has 156 valence electrons. The monoisotopic (exact) mass is 457 g/mol. The van der Waals surface area contributed by atoms with Crippen LogP contribution in [-0.2, 0) is 19.3 Å². The first-order chi connectivity index (χ1) is 14.1. The van der Waals surface area contributed by atoms with Crippen LogP contribution in [0.3, 0.4) is 0 Å². The van der Waals surface area contributed by atoms with Gasteiger partial charge in [-0.25, -0.2) is 24.9 Å². The van der Waals surface area contributed by atoms with Crippen molar-refractivity contribution in [1.29, 1.82) is 0 Å². The van der Waals surface area contributed by atoms with Crippen molar-refractivity contribution >= 4 is 29.1 Å². The number of fused-ring (bicyclic) bond motifs is 1. The maximum absolute atomic E-state index is 13.0. The molecule has 0 radical (unpaired) electrons. The second-order valence-corrected chi connectivity index (χ2v) is 7.33. The van der Waals surface area contributed by atoms with Gasteiger partial charge in [0.2, 0.25) is 11.1 Å². The Morgan fingerprint density at radius 1 is 1.20 bits per heavy atom. The number of hydrogen-bond acceptors (Lipinski definition) is 6. The van der Waals surface area contributed by atoms with Crippen LogP contribution in [0.15, 0.2) is 24.7 Å². The van der Waals surface area contributed by atoms with Gasteiger partial charge in [0.25, 0.3) is 5.91 Å². The zero-order chi connectivity index (χ0) is 21.6. The van der Waals surface area contributed by atoms with E-state index in [1.165, 1.54) is 17.2 Å². The largest absolute Gasteiger partial charge is 0.451 e. The minimum atomic E-state index is -4.67. The second-order valence-electron chi connectivity index (χ2n) is 6.59. The highest BCUT2D eigenvalue weighted by atomic mass is 35.5. The topological polar surface area (TPSA) is 89.7 Å². The van der Waals surface area contributed by atoms with Gasteiger partial charge in [-0.1, -0.05) is 11.6 Å². The van der Waals surface area contributed by atoms with Crippen molar-refractivity contribution in [2.24, 2.45) is 0 Å². The molecule has 3 aromatic rings. The van der Waals surface area contributed by atoms with Gasteiger partial charge in [-0.3, -0.25) is 4.79 Å². The van der Waals surface area contributed by atoms with Crippen molar-refractivity contribution < 1.29 is 18.0 Å². The first-order valence-electron chi connectivity index (χ1n) is 8.59. The lowest BCUT2D eigenvalue weighted by Crippen LogP contribution is -2.46. The van der Waals surface area contributed by atoms with Crippen LogP contribution in [0.25, 0.3) is 11.4 Å². The Labute approximate surface area is 177 Å². The van der Waals surface area contributed by atoms with Crippen LogP contribution in [0.5, 0.6) is 0 Å². The summed E-state index contributed by atoms with van der Waals surface area (Å²) in [6, 6.07) is 1.02. The lowest BCUT2D eigenvalue weighted by molar-refractivity contribution is -0.145. The first-order valence-corrected chi connectivity index (χ1v) is 9.34. The Morgan fingerprint density at radius 2 is 1.97 bits per heavy atom. The van der Waals surface area contributed by atoms with Crippen LogP contribution in [0.2, 0.25) is 10.3 Å². The Morgan fingerprint density at radius 3 is 2.70 bits per heavy atom. The third-order valence-corrected chi connectivity index (χ3v) is 4.94. The molecule has 0 N–H and O–H groups in total. The number of halogens is 5. The van der Waals surface area contributed by atoms with Crippen LogP contribution < -0.4 is 0 Å². The zero-order valence-corrected chi connectivity index (χ0v) is 16.7. The summed E-state index contributed by atoms with van der Waals surface area (Å²) in [6.45, 7) is 2.04. The Balaban J connectivity index is 1.64. The Hall–Kier alpha value is -2.79. The van der Waals surface area contributed by atoms with Crippen molar-refractivity contribution in [1.82, 2.24) is 34.4 Å². The molecule has 0 saturated carbocycles. The molecule has 0 bridgehead atoms. The third kappa shape index (κ3) is 3.82. The number of aromatic nitrogens is 6. The minimum absolute atomic E-state index is 0.0223. The van der Waals surface area contributed by atoms with Gasteiger partial charge in [-0.2, -0.15) is 13.2 Å². The molecule has 0 aromatic carbocycles. The average molecular weight is 458 g/mol. The third-order valence-electron chi connectivity index (χ3n) is 4.48. The molecule has 1 unspecified atom stereocenters. The standard InChI is InChI=1S/C17H12Cl2F3N7O/c1-8-5-28-7-11(12-10(18)4-24-16(19)27-12)26-13(28)14(30)29(8)6-9-2-3-23-15(25-9)17(20,21)22/h2-4,7-8H,5-6H2,1H3. The molecule has 8 nitrogen and oxygen atoms in total. The van der Waals surface area contributed by atoms with Crippen molar-refractivity contribution in [2.45, 2.75) is 32.2 Å². The van der Waals surface area contributed by atoms with E-state index < -0.39 is 17.9 Å². The average Bonchev–Trinajstić information content (AvgIpc) is 3.10. The summed E-state index contributed by atoms with van der Waals surface area (Å²) in [5, 5.41) is 0.193. The van der Waals surface area contributed by atoms with E-state index in [1.807, 2.05) is 0 Å². The molecule has 1 aliphatic heterocycles. The summed E-state index contributed by atoms with van der Waals surface area (Å²) < 4.78 is 40.3. The molecule has 0 saturated heterocycles. The van der Waals surface area contributed by atoms with E-state index in [1.54, 1.807) is 17.7 Å². The number of carbonyl (C=O) groups excluding carboxylic acids is 1. The van der Waals surface area contributed by atoms with Crippen LogP contribution >= 0.6 is 23.2 Å². The van der Waals surface area contributed by atoms with E-state index in [0.717, 1.165) is 6.20 Å². The Kier molecular flexibility index (Phi) is 5.10. The Bertz CT molecular complexity index is 1130. The number of carbonyl (C=O) groups is 1. The fourth-order valence-electron chi connectivity index (χ4n) is 3.10. The van der Waals surface area contributed by atoms with Gasteiger partial charge in [-0.05, 0) is 24.6 Å². The maximum atomic E-state index is 13.0. The molecular weight excluding hydrogens is 446 g/mol. The van der Waals surface area contributed by atoms with Gasteiger partial charge in [0, 0.05) is 25.0 Å². The van der Waals surface area contributed by atoms with Crippen molar-refractivity contribution in [2.75, 3.05) is 0 Å². The smallest absolute Gasteiger partial charge is 0.326 e. The number of hydrogen-bond donors (Lipinski definition) is 0. The molecule has 1 amide bonds. The van der Waals surface area contributed by atoms with Gasteiger partial charge in [-0.15, -0.1) is 0 Å². The molecule has 0 aliphatic carbocycles. The predicted molar refractivity (Wildman–Crippen MR) is 99.6 cm³/mol. The molecule has 1 atom stereocenters. The van der Waals surface area contributed by atoms with E-state index in [0.29, 0.717) is 12.2 Å². The molecule has 0 spiro atoms. The fraction of sp³-hybridized carbons (Fsp3) is 0.294. The predicted octanol–water partition coefficient (Wildman–Crippen LogP) is 3.50. The van der Waals surface area contributed by atoms with Crippen LogP contribution in [0.1, 0.15) is 29.1 Å². The molecule has 3 aromatic heterocycles. The SMILES string of the molecule is CC1Cn2cc(-c3nc(Cl)ncc3Cl)nc2C(=O)N1Cc1ccnc(C(F)(F)F)n1. The van der Waals surface area contributed by atoms with Gasteiger partial charge >= 0.3 is 6.18 Å². The van der Waals surface area contributed by atoms with Crippen LogP contribution in [0.4, 0.5) is 13.2 Å². The number of nitrogens with zero attached hydrogens (tertiary/aromatic N) is 7. The van der Waals surface area contributed by atoms with Crippen molar-refractivity contribution in [3.8, 4) is 11.4 Å². The molecular formula is C17H12Cl2F3N7O. The van der Waals surface area contributed by atoms with E-state index >= 15 is 0 Å². The molecule has 1 aliphatic rings. The van der Waals surface area contributed by atoms with Crippen LogP contribution in [0, 0.1) is 0 Å². The zero-order valence-electron chi connectivity index (χ0n) is 15.2. The highest BCUT2D eigenvalue weighted by Crippen LogP contribution is 2.29. The van der Waals surface area contributed by atoms with E-state index in [9.17, 15) is 18.0 Å². The van der Waals surface area contributed by atoms with Crippen molar-refractivity contribution in [3.05, 3.63) is 52.3 Å². The number of amides is 1. The summed E-state index contributed by atoms with van der Waals surface area (Å²) in [5.41, 5.74) is 0.683. The molecule has 13 heteroatoms. The van der Waals surface area contributed by atoms with E-state index in [2.05, 4.69) is 24.9 Å². The van der Waals surface area contributed by atoms with Gasteiger partial charge in [0.05, 0.1) is 23.5 Å². The normalized spacial score (nSPS) is 16.7. The number of imidazole rings is 1. The lowest BCUT2D eigenvalue weighted by atomic mass is 10.2. The molecule has 0 fully saturated rings.